The number of likely N-dealkylation sites (tertiary alicyclic amines) is 1. The Kier molecular flexibility index (Phi) is 5.66. The van der Waals surface area contributed by atoms with Crippen LogP contribution >= 0.6 is 0 Å². The van der Waals surface area contributed by atoms with Crippen molar-refractivity contribution >= 4 is 12.0 Å². The van der Waals surface area contributed by atoms with Gasteiger partial charge in [0.25, 0.3) is 0 Å². The summed E-state index contributed by atoms with van der Waals surface area (Å²) in [5.74, 6) is -0.377. The van der Waals surface area contributed by atoms with Gasteiger partial charge in [0.15, 0.2) is 0 Å². The van der Waals surface area contributed by atoms with E-state index in [4.69, 9.17) is 4.74 Å². The zero-order valence-corrected chi connectivity index (χ0v) is 14.6. The molecule has 1 saturated heterocycles. The molecule has 136 valence electrons. The van der Waals surface area contributed by atoms with Crippen LogP contribution in [0.1, 0.15) is 46.5 Å². The molecule has 1 heterocycles. The number of nitro groups is 1. The third kappa shape index (κ3) is 5.35. The highest BCUT2D eigenvalue weighted by atomic mass is 16.6. The normalized spacial score (nSPS) is 26.6. The van der Waals surface area contributed by atoms with Crippen molar-refractivity contribution in [1.82, 2.24) is 10.2 Å². The van der Waals surface area contributed by atoms with Gasteiger partial charge in [-0.2, -0.15) is 0 Å². The van der Waals surface area contributed by atoms with Crippen LogP contribution in [0.5, 0.6) is 0 Å². The molecular formula is C16H27N3O5. The van der Waals surface area contributed by atoms with Gasteiger partial charge < -0.3 is 15.0 Å². The summed E-state index contributed by atoms with van der Waals surface area (Å²) < 4.78 is 5.40. The van der Waals surface area contributed by atoms with Crippen molar-refractivity contribution in [1.29, 1.82) is 0 Å². The summed E-state index contributed by atoms with van der Waals surface area (Å²) >= 11 is 0. The summed E-state index contributed by atoms with van der Waals surface area (Å²) in [4.78, 5) is 35.8. The number of rotatable bonds is 5. The molecule has 2 rings (SSSR count). The fraction of sp³-hybridized carbons (Fsp3) is 0.875. The molecule has 3 atom stereocenters. The van der Waals surface area contributed by atoms with Crippen molar-refractivity contribution in [3.63, 3.8) is 0 Å². The van der Waals surface area contributed by atoms with Crippen molar-refractivity contribution in [2.24, 2.45) is 11.8 Å². The number of carbonyl (C=O) groups is 2. The van der Waals surface area contributed by atoms with E-state index < -0.39 is 17.6 Å². The first-order valence-corrected chi connectivity index (χ1v) is 8.56. The molecule has 1 aliphatic carbocycles. The second-order valence-electron chi connectivity index (χ2n) is 7.71. The van der Waals surface area contributed by atoms with E-state index >= 15 is 0 Å². The summed E-state index contributed by atoms with van der Waals surface area (Å²) in [6, 6.07) is -0.706. The first kappa shape index (κ1) is 18.5. The maximum Gasteiger partial charge on any atom is 0.410 e. The summed E-state index contributed by atoms with van der Waals surface area (Å²) in [6.45, 7) is 7.36. The fourth-order valence-corrected chi connectivity index (χ4v) is 3.02. The Labute approximate surface area is 142 Å². The Morgan fingerprint density at radius 1 is 1.38 bits per heavy atom. The second kappa shape index (κ2) is 7.36. The van der Waals surface area contributed by atoms with Gasteiger partial charge in [0.2, 0.25) is 11.9 Å². The standard InChI is InChI=1S/C16H27N3O5/c1-16(2,3)24-15(21)18-8-4-5-11(10-18)6-7-17-14(20)12-9-13(12)19(22)23/h11-13H,4-10H2,1-3H3,(H,17,20). The minimum Gasteiger partial charge on any atom is -0.444 e. The van der Waals surface area contributed by atoms with E-state index in [0.29, 0.717) is 32.0 Å². The van der Waals surface area contributed by atoms with Gasteiger partial charge in [-0.25, -0.2) is 4.79 Å². The fourth-order valence-electron chi connectivity index (χ4n) is 3.02. The second-order valence-corrected chi connectivity index (χ2v) is 7.71. The minimum absolute atomic E-state index is 0.225. The van der Waals surface area contributed by atoms with Crippen LogP contribution in [0.15, 0.2) is 0 Å². The summed E-state index contributed by atoms with van der Waals surface area (Å²) in [7, 11) is 0. The zero-order valence-electron chi connectivity index (χ0n) is 14.6. The number of hydrogen-bond acceptors (Lipinski definition) is 5. The SMILES string of the molecule is CC(C)(C)OC(=O)N1CCCC(CCNC(=O)C2CC2[N+](=O)[O-])C1. The van der Waals surface area contributed by atoms with Crippen LogP contribution in [-0.4, -0.2) is 53.1 Å². The minimum atomic E-state index is -0.706. The number of carbonyl (C=O) groups excluding carboxylic acids is 2. The molecule has 3 unspecified atom stereocenters. The lowest BCUT2D eigenvalue weighted by Gasteiger charge is -2.34. The molecule has 0 spiro atoms. The molecular weight excluding hydrogens is 314 g/mol. The molecule has 1 saturated carbocycles. The predicted molar refractivity (Wildman–Crippen MR) is 87.0 cm³/mol. The summed E-state index contributed by atoms with van der Waals surface area (Å²) in [6.07, 6.45) is 2.75. The molecule has 0 radical (unpaired) electrons. The Morgan fingerprint density at radius 3 is 2.67 bits per heavy atom. The molecule has 2 aliphatic rings. The van der Waals surface area contributed by atoms with Crippen molar-refractivity contribution in [2.45, 2.75) is 58.1 Å². The topological polar surface area (TPSA) is 102 Å². The zero-order chi connectivity index (χ0) is 17.9. The number of piperidine rings is 1. The van der Waals surface area contributed by atoms with Gasteiger partial charge in [0, 0.05) is 31.0 Å². The summed E-state index contributed by atoms with van der Waals surface area (Å²) in [5, 5.41) is 13.4. The lowest BCUT2D eigenvalue weighted by atomic mass is 9.95. The molecule has 0 bridgehead atoms. The Hall–Kier alpha value is -1.86. The van der Waals surface area contributed by atoms with E-state index in [1.165, 1.54) is 0 Å². The average Bonchev–Trinajstić information content (AvgIpc) is 3.26. The highest BCUT2D eigenvalue weighted by Gasteiger charge is 2.53. The van der Waals surface area contributed by atoms with E-state index in [2.05, 4.69) is 5.32 Å². The Morgan fingerprint density at radius 2 is 2.08 bits per heavy atom. The van der Waals surface area contributed by atoms with Crippen LogP contribution in [-0.2, 0) is 9.53 Å². The number of nitrogens with zero attached hydrogens (tertiary/aromatic N) is 2. The molecule has 8 heteroatoms. The van der Waals surface area contributed by atoms with Crippen LogP contribution in [0.2, 0.25) is 0 Å². The van der Waals surface area contributed by atoms with Crippen molar-refractivity contribution in [2.75, 3.05) is 19.6 Å². The van der Waals surface area contributed by atoms with Crippen LogP contribution in [0.3, 0.4) is 0 Å². The lowest BCUT2D eigenvalue weighted by Crippen LogP contribution is -2.43. The molecule has 8 nitrogen and oxygen atoms in total. The molecule has 0 aromatic carbocycles. The Balaban J connectivity index is 1.69. The molecule has 0 aromatic rings. The monoisotopic (exact) mass is 341 g/mol. The third-order valence-corrected chi connectivity index (χ3v) is 4.39. The molecule has 2 fully saturated rings. The molecule has 1 aliphatic heterocycles. The van der Waals surface area contributed by atoms with Crippen LogP contribution in [0, 0.1) is 22.0 Å². The third-order valence-electron chi connectivity index (χ3n) is 4.39. The highest BCUT2D eigenvalue weighted by molar-refractivity contribution is 5.81. The van der Waals surface area contributed by atoms with Gasteiger partial charge in [0.05, 0.1) is 0 Å². The Bertz CT molecular complexity index is 502. The van der Waals surface area contributed by atoms with Gasteiger partial charge >= 0.3 is 6.09 Å². The lowest BCUT2D eigenvalue weighted by molar-refractivity contribution is -0.497. The van der Waals surface area contributed by atoms with Gasteiger partial charge in [-0.15, -0.1) is 0 Å². The van der Waals surface area contributed by atoms with Gasteiger partial charge in [0.1, 0.15) is 11.5 Å². The van der Waals surface area contributed by atoms with Crippen molar-refractivity contribution in [3.8, 4) is 0 Å². The van der Waals surface area contributed by atoms with Gasteiger partial charge in [-0.05, 0) is 46.0 Å². The maximum atomic E-state index is 12.1. The molecule has 1 N–H and O–H groups in total. The molecule has 24 heavy (non-hydrogen) atoms. The van der Waals surface area contributed by atoms with E-state index in [9.17, 15) is 19.7 Å². The van der Waals surface area contributed by atoms with Crippen molar-refractivity contribution in [3.05, 3.63) is 10.1 Å². The molecule has 0 aromatic heterocycles. The quantitative estimate of drug-likeness (QED) is 0.607. The van der Waals surface area contributed by atoms with E-state index in [-0.39, 0.29) is 16.9 Å². The first-order valence-electron chi connectivity index (χ1n) is 8.56. The molecule has 2 amide bonds. The predicted octanol–water partition coefficient (Wildman–Crippen LogP) is 1.81. The first-order chi connectivity index (χ1) is 11.2. The van der Waals surface area contributed by atoms with Crippen LogP contribution < -0.4 is 5.32 Å². The van der Waals surface area contributed by atoms with Gasteiger partial charge in [-0.1, -0.05) is 0 Å². The van der Waals surface area contributed by atoms with E-state index in [0.717, 1.165) is 19.3 Å². The number of hydrogen-bond donors (Lipinski definition) is 1. The number of ether oxygens (including phenoxy) is 1. The van der Waals surface area contributed by atoms with E-state index in [1.54, 1.807) is 4.90 Å². The average molecular weight is 341 g/mol. The number of nitrogens with one attached hydrogen (secondary N) is 1. The largest absolute Gasteiger partial charge is 0.444 e. The highest BCUT2D eigenvalue weighted by Crippen LogP contribution is 2.33. The number of amides is 2. The van der Waals surface area contributed by atoms with Crippen LogP contribution in [0.25, 0.3) is 0 Å². The van der Waals surface area contributed by atoms with E-state index in [1.807, 2.05) is 20.8 Å². The van der Waals surface area contributed by atoms with Crippen molar-refractivity contribution < 1.29 is 19.2 Å². The maximum absolute atomic E-state index is 12.1. The summed E-state index contributed by atoms with van der Waals surface area (Å²) in [5.41, 5.74) is -0.504. The van der Waals surface area contributed by atoms with Gasteiger partial charge in [-0.3, -0.25) is 14.9 Å². The van der Waals surface area contributed by atoms with Crippen LogP contribution in [0.4, 0.5) is 4.79 Å². The smallest absolute Gasteiger partial charge is 0.410 e.